The molecule has 2 aromatic carbocycles. The van der Waals surface area contributed by atoms with Crippen LogP contribution in [0.1, 0.15) is 47.0 Å². The summed E-state index contributed by atoms with van der Waals surface area (Å²) in [4.78, 5) is 0. The third-order valence-electron chi connectivity index (χ3n) is 3.70. The van der Waals surface area contributed by atoms with Gasteiger partial charge in [0.15, 0.2) is 0 Å². The van der Waals surface area contributed by atoms with Crippen LogP contribution in [0.25, 0.3) is 0 Å². The Kier molecular flexibility index (Phi) is 5.29. The van der Waals surface area contributed by atoms with Crippen molar-refractivity contribution in [3.63, 3.8) is 0 Å². The van der Waals surface area contributed by atoms with Gasteiger partial charge in [-0.3, -0.25) is 0 Å². The molecule has 0 fully saturated rings. The number of halogens is 2. The number of alkyl halides is 1. The lowest BCUT2D eigenvalue weighted by Gasteiger charge is -2.18. The highest BCUT2D eigenvalue weighted by molar-refractivity contribution is 9.10. The van der Waals surface area contributed by atoms with Gasteiger partial charge >= 0.3 is 0 Å². The average Bonchev–Trinajstić information content (AvgIpc) is 2.48. The number of hydrogen-bond donors (Lipinski definition) is 0. The largest absolute Gasteiger partial charge is 0.113 e. The van der Waals surface area contributed by atoms with Gasteiger partial charge in [-0.1, -0.05) is 65.7 Å². The van der Waals surface area contributed by atoms with Gasteiger partial charge in [-0.15, -0.1) is 11.6 Å². The van der Waals surface area contributed by atoms with Crippen LogP contribution in [0.2, 0.25) is 0 Å². The molecule has 20 heavy (non-hydrogen) atoms. The highest BCUT2D eigenvalue weighted by Crippen LogP contribution is 2.36. The van der Waals surface area contributed by atoms with Gasteiger partial charge < -0.3 is 0 Å². The summed E-state index contributed by atoms with van der Waals surface area (Å²) in [7, 11) is 0. The number of hydrogen-bond acceptors (Lipinski definition) is 0. The van der Waals surface area contributed by atoms with Gasteiger partial charge in [0.25, 0.3) is 0 Å². The van der Waals surface area contributed by atoms with Gasteiger partial charge in [0.1, 0.15) is 0 Å². The van der Waals surface area contributed by atoms with Gasteiger partial charge in [-0.25, -0.2) is 0 Å². The van der Waals surface area contributed by atoms with E-state index in [9.17, 15) is 0 Å². The van der Waals surface area contributed by atoms with Crippen molar-refractivity contribution in [2.45, 2.75) is 39.0 Å². The fourth-order valence-corrected chi connectivity index (χ4v) is 3.44. The Balaban J connectivity index is 2.51. The van der Waals surface area contributed by atoms with E-state index in [1.54, 1.807) is 0 Å². The normalized spacial score (nSPS) is 12.4. The first-order valence-electron chi connectivity index (χ1n) is 7.08. The Bertz CT molecular complexity index is 604. The summed E-state index contributed by atoms with van der Waals surface area (Å²) in [5.41, 5.74) is 6.29. The van der Waals surface area contributed by atoms with E-state index in [-0.39, 0.29) is 5.38 Å². The summed E-state index contributed by atoms with van der Waals surface area (Å²) in [5, 5.41) is -0.106. The van der Waals surface area contributed by atoms with E-state index < -0.39 is 0 Å². The van der Waals surface area contributed by atoms with Crippen molar-refractivity contribution in [1.82, 2.24) is 0 Å². The molecule has 0 aliphatic rings. The van der Waals surface area contributed by atoms with E-state index in [1.807, 2.05) is 0 Å². The predicted octanol–water partition coefficient (Wildman–Crippen LogP) is 6.21. The molecule has 0 aliphatic carbocycles. The van der Waals surface area contributed by atoms with Gasteiger partial charge in [-0.05, 0) is 48.1 Å². The number of aryl methyl sites for hydroxylation is 3. The van der Waals surface area contributed by atoms with Crippen LogP contribution in [0, 0.1) is 6.92 Å². The van der Waals surface area contributed by atoms with Crippen LogP contribution < -0.4 is 0 Å². The van der Waals surface area contributed by atoms with E-state index in [0.717, 1.165) is 22.9 Å². The minimum Gasteiger partial charge on any atom is -0.113 e. The summed E-state index contributed by atoms with van der Waals surface area (Å²) in [6.07, 6.45) is 2.04. The second-order valence-electron chi connectivity index (χ2n) is 5.13. The quantitative estimate of drug-likeness (QED) is 0.574. The van der Waals surface area contributed by atoms with Crippen LogP contribution in [0.3, 0.4) is 0 Å². The highest BCUT2D eigenvalue weighted by atomic mass is 79.9. The Morgan fingerprint density at radius 3 is 2.40 bits per heavy atom. The third-order valence-corrected chi connectivity index (χ3v) is 4.89. The van der Waals surface area contributed by atoms with Crippen molar-refractivity contribution in [3.8, 4) is 0 Å². The molecule has 0 spiro atoms. The lowest BCUT2D eigenvalue weighted by Crippen LogP contribution is -2.01. The number of benzene rings is 2. The van der Waals surface area contributed by atoms with Crippen LogP contribution in [-0.4, -0.2) is 0 Å². The van der Waals surface area contributed by atoms with E-state index in [2.05, 4.69) is 73.1 Å². The molecule has 0 radical (unpaired) electrons. The summed E-state index contributed by atoms with van der Waals surface area (Å²) in [6.45, 7) is 6.46. The van der Waals surface area contributed by atoms with E-state index in [1.165, 1.54) is 22.3 Å². The first-order chi connectivity index (χ1) is 9.56. The molecule has 1 atom stereocenters. The molecule has 2 heteroatoms. The topological polar surface area (TPSA) is 0 Å². The van der Waals surface area contributed by atoms with Crippen molar-refractivity contribution in [3.05, 3.63) is 68.7 Å². The molecule has 0 aromatic heterocycles. The van der Waals surface area contributed by atoms with Gasteiger partial charge in [-0.2, -0.15) is 0 Å². The average molecular weight is 352 g/mol. The predicted molar refractivity (Wildman–Crippen MR) is 91.8 cm³/mol. The van der Waals surface area contributed by atoms with Crippen LogP contribution in [0.15, 0.2) is 40.9 Å². The second kappa shape index (κ2) is 6.78. The van der Waals surface area contributed by atoms with E-state index in [4.69, 9.17) is 11.6 Å². The maximum atomic E-state index is 6.79. The van der Waals surface area contributed by atoms with Gasteiger partial charge in [0.05, 0.1) is 5.38 Å². The highest BCUT2D eigenvalue weighted by Gasteiger charge is 2.17. The first-order valence-corrected chi connectivity index (χ1v) is 8.31. The van der Waals surface area contributed by atoms with Crippen LogP contribution >= 0.6 is 27.5 Å². The van der Waals surface area contributed by atoms with E-state index >= 15 is 0 Å². The SMILES string of the molecule is CCc1ccc(CC)c(C(Cl)c2cc(C)ccc2Br)c1. The van der Waals surface area contributed by atoms with Gasteiger partial charge in [0, 0.05) is 4.47 Å². The molecule has 0 saturated carbocycles. The van der Waals surface area contributed by atoms with Crippen molar-refractivity contribution in [2.75, 3.05) is 0 Å². The molecule has 0 aliphatic heterocycles. The Hall–Kier alpha value is -0.790. The standard InChI is InChI=1S/C18H20BrCl/c1-4-13-7-8-14(5-2)15(11-13)18(20)16-10-12(3)6-9-17(16)19/h6-11,18H,4-5H2,1-3H3. The van der Waals surface area contributed by atoms with Crippen molar-refractivity contribution < 1.29 is 0 Å². The fraction of sp³-hybridized carbons (Fsp3) is 0.333. The summed E-state index contributed by atoms with van der Waals surface area (Å²) in [6, 6.07) is 13.0. The monoisotopic (exact) mass is 350 g/mol. The summed E-state index contributed by atoms with van der Waals surface area (Å²) >= 11 is 10.4. The Labute approximate surface area is 135 Å². The Morgan fingerprint density at radius 2 is 1.75 bits per heavy atom. The minimum absolute atomic E-state index is 0.106. The molecule has 2 aromatic rings. The molecule has 0 bridgehead atoms. The first kappa shape index (κ1) is 15.6. The molecule has 0 saturated heterocycles. The molecular weight excluding hydrogens is 332 g/mol. The fourth-order valence-electron chi connectivity index (χ4n) is 2.45. The molecule has 106 valence electrons. The molecule has 0 nitrogen and oxygen atoms in total. The molecule has 1 unspecified atom stereocenters. The zero-order valence-corrected chi connectivity index (χ0v) is 14.6. The van der Waals surface area contributed by atoms with Crippen LogP contribution in [0.4, 0.5) is 0 Å². The lowest BCUT2D eigenvalue weighted by atomic mass is 9.94. The lowest BCUT2D eigenvalue weighted by molar-refractivity contribution is 1.01. The molecule has 2 rings (SSSR count). The third kappa shape index (κ3) is 3.27. The minimum atomic E-state index is -0.106. The smallest absolute Gasteiger partial charge is 0.0849 e. The molecule has 0 N–H and O–H groups in total. The zero-order chi connectivity index (χ0) is 14.7. The van der Waals surface area contributed by atoms with Crippen molar-refractivity contribution >= 4 is 27.5 Å². The molecular formula is C18H20BrCl. The van der Waals surface area contributed by atoms with E-state index in [0.29, 0.717) is 0 Å². The second-order valence-corrected chi connectivity index (χ2v) is 6.42. The summed E-state index contributed by atoms with van der Waals surface area (Å²) < 4.78 is 1.08. The zero-order valence-electron chi connectivity index (χ0n) is 12.2. The molecule has 0 heterocycles. The summed E-state index contributed by atoms with van der Waals surface area (Å²) in [5.74, 6) is 0. The van der Waals surface area contributed by atoms with Crippen LogP contribution in [0.5, 0.6) is 0 Å². The maximum Gasteiger partial charge on any atom is 0.0849 e. The maximum absolute atomic E-state index is 6.79. The number of rotatable bonds is 4. The molecule has 0 amide bonds. The van der Waals surface area contributed by atoms with Crippen LogP contribution in [-0.2, 0) is 12.8 Å². The van der Waals surface area contributed by atoms with Crippen molar-refractivity contribution in [2.24, 2.45) is 0 Å². The Morgan fingerprint density at radius 1 is 1.00 bits per heavy atom. The van der Waals surface area contributed by atoms with Crippen molar-refractivity contribution in [1.29, 1.82) is 0 Å². The van der Waals surface area contributed by atoms with Gasteiger partial charge in [0.2, 0.25) is 0 Å².